The van der Waals surface area contributed by atoms with Gasteiger partial charge >= 0.3 is 17.9 Å². The molecular formula is C71H124O6. The van der Waals surface area contributed by atoms with E-state index in [0.29, 0.717) is 19.3 Å². The van der Waals surface area contributed by atoms with Crippen LogP contribution in [0.2, 0.25) is 0 Å². The Kier molecular flexibility index (Phi) is 62.2. The van der Waals surface area contributed by atoms with Crippen molar-refractivity contribution in [3.05, 3.63) is 85.1 Å². The van der Waals surface area contributed by atoms with E-state index in [4.69, 9.17) is 14.2 Å². The first-order valence-electron chi connectivity index (χ1n) is 33.1. The third kappa shape index (κ3) is 63.3. The summed E-state index contributed by atoms with van der Waals surface area (Å²) in [5.74, 6) is -0.893. The SMILES string of the molecule is CC/C=C\C/C=C\C/C=C\C/C=C\CCCCCCCCCCC(=O)OC(COC(=O)CCCCCCC/C=C\C/C=C\C/C=C\CC)COC(=O)CCCCCCCCCCCCCCCCCCCCCCCCC. The number of rotatable bonds is 60. The lowest BCUT2D eigenvalue weighted by Crippen LogP contribution is -2.30. The Morgan fingerprint density at radius 1 is 0.273 bits per heavy atom. The molecule has 0 aromatic rings. The molecule has 6 nitrogen and oxygen atoms in total. The van der Waals surface area contributed by atoms with Gasteiger partial charge in [-0.05, 0) is 89.9 Å². The zero-order valence-corrected chi connectivity index (χ0v) is 51.0. The molecule has 6 heteroatoms. The molecule has 0 radical (unpaired) electrons. The van der Waals surface area contributed by atoms with Crippen LogP contribution in [0.5, 0.6) is 0 Å². The maximum absolute atomic E-state index is 12.9. The molecule has 0 fully saturated rings. The Bertz CT molecular complexity index is 1470. The standard InChI is InChI=1S/C71H124O6/c1-4-7-10-13-16-19-22-25-28-30-32-34-35-37-38-40-43-46-49-52-55-58-61-64-70(73)76-67-68(66-75-69(72)63-60-57-54-51-48-45-42-27-24-21-18-15-12-9-6-3)77-71(74)65-62-59-56-53-50-47-44-41-39-36-33-31-29-26-23-20-17-14-11-8-5-2/h8-9,11-12,17-18,20-21,26-27,29,33,36,42,68H,4-7,10,13-16,19,22-25,28,30-32,34-35,37-41,43-67H2,1-3H3/b11-8-,12-9-,20-17-,21-18-,29-26-,36-33-,42-27-. The van der Waals surface area contributed by atoms with Crippen LogP contribution in [0.25, 0.3) is 0 Å². The second-order valence-corrected chi connectivity index (χ2v) is 22.0. The normalized spacial score (nSPS) is 12.6. The van der Waals surface area contributed by atoms with Gasteiger partial charge in [-0.2, -0.15) is 0 Å². The highest BCUT2D eigenvalue weighted by Gasteiger charge is 2.19. The van der Waals surface area contributed by atoms with Gasteiger partial charge in [0.1, 0.15) is 13.2 Å². The highest BCUT2D eigenvalue weighted by molar-refractivity contribution is 5.71. The van der Waals surface area contributed by atoms with Crippen LogP contribution in [-0.4, -0.2) is 37.2 Å². The summed E-state index contributed by atoms with van der Waals surface area (Å²) < 4.78 is 16.9. The summed E-state index contributed by atoms with van der Waals surface area (Å²) in [5.41, 5.74) is 0. The number of allylic oxidation sites excluding steroid dienone is 14. The van der Waals surface area contributed by atoms with Crippen LogP contribution in [-0.2, 0) is 28.6 Å². The number of esters is 3. The average Bonchev–Trinajstić information content (AvgIpc) is 3.43. The molecule has 0 spiro atoms. The number of hydrogen-bond donors (Lipinski definition) is 0. The first-order valence-corrected chi connectivity index (χ1v) is 33.1. The number of unbranched alkanes of at least 4 members (excludes halogenated alkanes) is 35. The zero-order valence-electron chi connectivity index (χ0n) is 51.0. The van der Waals surface area contributed by atoms with Crippen molar-refractivity contribution >= 4 is 17.9 Å². The molecule has 0 aliphatic rings. The largest absolute Gasteiger partial charge is 0.462 e. The fourth-order valence-electron chi connectivity index (χ4n) is 9.51. The highest BCUT2D eigenvalue weighted by atomic mass is 16.6. The van der Waals surface area contributed by atoms with Crippen LogP contribution in [0.4, 0.5) is 0 Å². The van der Waals surface area contributed by atoms with E-state index in [0.717, 1.165) is 128 Å². The van der Waals surface area contributed by atoms with E-state index in [9.17, 15) is 14.4 Å². The molecule has 1 unspecified atom stereocenters. The summed E-state index contributed by atoms with van der Waals surface area (Å²) in [6.07, 6.45) is 86.0. The van der Waals surface area contributed by atoms with Crippen molar-refractivity contribution in [2.45, 2.75) is 335 Å². The molecule has 444 valence electrons. The maximum Gasteiger partial charge on any atom is 0.306 e. The Balaban J connectivity index is 4.34. The minimum atomic E-state index is -0.789. The van der Waals surface area contributed by atoms with Crippen molar-refractivity contribution in [1.82, 2.24) is 0 Å². The second kappa shape index (κ2) is 65.1. The maximum atomic E-state index is 12.9. The summed E-state index contributed by atoms with van der Waals surface area (Å²) in [7, 11) is 0. The van der Waals surface area contributed by atoms with Crippen LogP contribution in [0.1, 0.15) is 329 Å². The number of carbonyl (C=O) groups is 3. The van der Waals surface area contributed by atoms with Gasteiger partial charge in [0.25, 0.3) is 0 Å². The molecule has 0 aromatic heterocycles. The van der Waals surface area contributed by atoms with Gasteiger partial charge in [0.15, 0.2) is 6.10 Å². The first-order chi connectivity index (χ1) is 38.0. The molecule has 1 atom stereocenters. The fourth-order valence-corrected chi connectivity index (χ4v) is 9.51. The molecule has 0 aliphatic carbocycles. The van der Waals surface area contributed by atoms with Crippen LogP contribution in [0.15, 0.2) is 85.1 Å². The number of ether oxygens (including phenoxy) is 3. The van der Waals surface area contributed by atoms with Crippen molar-refractivity contribution in [2.75, 3.05) is 13.2 Å². The van der Waals surface area contributed by atoms with Crippen molar-refractivity contribution in [2.24, 2.45) is 0 Å². The minimum Gasteiger partial charge on any atom is -0.462 e. The van der Waals surface area contributed by atoms with Crippen LogP contribution >= 0.6 is 0 Å². The Hall–Kier alpha value is -3.41. The van der Waals surface area contributed by atoms with E-state index in [2.05, 4.69) is 106 Å². The smallest absolute Gasteiger partial charge is 0.306 e. The van der Waals surface area contributed by atoms with E-state index in [1.165, 1.54) is 161 Å². The van der Waals surface area contributed by atoms with Gasteiger partial charge in [0.05, 0.1) is 0 Å². The Morgan fingerprint density at radius 2 is 0.506 bits per heavy atom. The van der Waals surface area contributed by atoms with Gasteiger partial charge in [-0.15, -0.1) is 0 Å². The number of carbonyl (C=O) groups excluding carboxylic acids is 3. The van der Waals surface area contributed by atoms with Gasteiger partial charge in [0.2, 0.25) is 0 Å². The van der Waals surface area contributed by atoms with Gasteiger partial charge in [-0.1, -0.05) is 305 Å². The fraction of sp³-hybridized carbons (Fsp3) is 0.761. The molecule has 0 bridgehead atoms. The van der Waals surface area contributed by atoms with Crippen LogP contribution < -0.4 is 0 Å². The van der Waals surface area contributed by atoms with Crippen molar-refractivity contribution in [1.29, 1.82) is 0 Å². The lowest BCUT2D eigenvalue weighted by Gasteiger charge is -2.18. The van der Waals surface area contributed by atoms with Crippen LogP contribution in [0.3, 0.4) is 0 Å². The van der Waals surface area contributed by atoms with Crippen molar-refractivity contribution in [3.63, 3.8) is 0 Å². The summed E-state index contributed by atoms with van der Waals surface area (Å²) in [4.78, 5) is 38.4. The second-order valence-electron chi connectivity index (χ2n) is 22.0. The molecule has 0 saturated carbocycles. The van der Waals surface area contributed by atoms with Gasteiger partial charge in [0, 0.05) is 19.3 Å². The Morgan fingerprint density at radius 3 is 0.792 bits per heavy atom. The number of hydrogen-bond acceptors (Lipinski definition) is 6. The van der Waals surface area contributed by atoms with Crippen LogP contribution in [0, 0.1) is 0 Å². The molecule has 0 amide bonds. The topological polar surface area (TPSA) is 78.9 Å². The predicted octanol–water partition coefficient (Wildman–Crippen LogP) is 22.7. The van der Waals surface area contributed by atoms with Gasteiger partial charge in [-0.25, -0.2) is 0 Å². The molecule has 0 aromatic carbocycles. The quantitative estimate of drug-likeness (QED) is 0.0261. The predicted molar refractivity (Wildman–Crippen MR) is 334 cm³/mol. The summed E-state index contributed by atoms with van der Waals surface area (Å²) >= 11 is 0. The molecule has 0 aliphatic heterocycles. The third-order valence-electron chi connectivity index (χ3n) is 14.4. The van der Waals surface area contributed by atoms with Crippen molar-refractivity contribution in [3.8, 4) is 0 Å². The zero-order chi connectivity index (χ0) is 55.7. The lowest BCUT2D eigenvalue weighted by atomic mass is 10.0. The lowest BCUT2D eigenvalue weighted by molar-refractivity contribution is -0.167. The third-order valence-corrected chi connectivity index (χ3v) is 14.4. The molecule has 0 saturated heterocycles. The van der Waals surface area contributed by atoms with E-state index < -0.39 is 6.10 Å². The summed E-state index contributed by atoms with van der Waals surface area (Å²) in [6, 6.07) is 0. The van der Waals surface area contributed by atoms with E-state index >= 15 is 0 Å². The molecule has 0 rings (SSSR count). The van der Waals surface area contributed by atoms with E-state index in [1.807, 2.05) is 0 Å². The first kappa shape index (κ1) is 73.6. The molecule has 0 N–H and O–H groups in total. The van der Waals surface area contributed by atoms with Gasteiger partial charge in [-0.3, -0.25) is 14.4 Å². The highest BCUT2D eigenvalue weighted by Crippen LogP contribution is 2.17. The molecule has 77 heavy (non-hydrogen) atoms. The monoisotopic (exact) mass is 1070 g/mol. The molecule has 0 heterocycles. The molecular weight excluding hydrogens is 949 g/mol. The minimum absolute atomic E-state index is 0.0828. The Labute approximate surface area is 477 Å². The average molecular weight is 1070 g/mol. The summed E-state index contributed by atoms with van der Waals surface area (Å²) in [5, 5.41) is 0. The van der Waals surface area contributed by atoms with E-state index in [1.54, 1.807) is 0 Å². The summed E-state index contributed by atoms with van der Waals surface area (Å²) in [6.45, 7) is 6.44. The van der Waals surface area contributed by atoms with E-state index in [-0.39, 0.29) is 31.1 Å². The van der Waals surface area contributed by atoms with Crippen molar-refractivity contribution < 1.29 is 28.6 Å². The van der Waals surface area contributed by atoms with Gasteiger partial charge < -0.3 is 14.2 Å².